The highest BCUT2D eigenvalue weighted by molar-refractivity contribution is 7.80. The summed E-state index contributed by atoms with van der Waals surface area (Å²) in [6.45, 7) is 2.57. The van der Waals surface area contributed by atoms with Crippen LogP contribution in [0.3, 0.4) is 0 Å². The van der Waals surface area contributed by atoms with E-state index in [2.05, 4.69) is 5.32 Å². The van der Waals surface area contributed by atoms with E-state index in [1.807, 2.05) is 68.6 Å². The summed E-state index contributed by atoms with van der Waals surface area (Å²) in [4.78, 5) is 13.7. The third kappa shape index (κ3) is 5.21. The Morgan fingerprint density at radius 3 is 2.46 bits per heavy atom. The number of hydrogen-bond donors (Lipinski definition) is 1. The topological polar surface area (TPSA) is 41.6 Å². The van der Waals surface area contributed by atoms with Gasteiger partial charge in [0.2, 0.25) is 5.91 Å². The van der Waals surface area contributed by atoms with Gasteiger partial charge in [0.15, 0.2) is 5.11 Å². The van der Waals surface area contributed by atoms with Crippen molar-refractivity contribution < 1.29 is 9.53 Å². The first-order valence-corrected chi connectivity index (χ1v) is 8.05. The number of nitrogens with one attached hydrogen (secondary N) is 1. The highest BCUT2D eigenvalue weighted by Crippen LogP contribution is 2.13. The van der Waals surface area contributed by atoms with Crippen molar-refractivity contribution in [3.05, 3.63) is 66.2 Å². The van der Waals surface area contributed by atoms with Gasteiger partial charge in [-0.05, 0) is 55.0 Å². The number of carbonyl (C=O) groups is 1. The molecule has 0 fully saturated rings. The third-order valence-electron chi connectivity index (χ3n) is 3.30. The molecule has 1 amide bonds. The highest BCUT2D eigenvalue weighted by atomic mass is 32.1. The second kappa shape index (κ2) is 8.84. The van der Waals surface area contributed by atoms with Crippen LogP contribution in [0.1, 0.15) is 12.5 Å². The van der Waals surface area contributed by atoms with Gasteiger partial charge in [0.05, 0.1) is 6.61 Å². The zero-order valence-corrected chi connectivity index (χ0v) is 14.5. The molecule has 2 rings (SSSR count). The molecule has 4 nitrogen and oxygen atoms in total. The van der Waals surface area contributed by atoms with Crippen LogP contribution in [0.5, 0.6) is 5.75 Å². The molecule has 0 spiro atoms. The van der Waals surface area contributed by atoms with Crippen molar-refractivity contribution in [2.24, 2.45) is 0 Å². The predicted octanol–water partition coefficient (Wildman–Crippen LogP) is 3.64. The fraction of sp³-hybridized carbons (Fsp3) is 0.158. The number of thiocarbonyl (C=S) groups is 1. The predicted molar refractivity (Wildman–Crippen MR) is 102 cm³/mol. The molecule has 0 heterocycles. The number of nitrogens with zero attached hydrogens (tertiary/aromatic N) is 1. The summed E-state index contributed by atoms with van der Waals surface area (Å²) in [6.07, 6.45) is 3.19. The number of hydrogen-bond acceptors (Lipinski definition) is 3. The molecule has 0 aliphatic heterocycles. The zero-order valence-electron chi connectivity index (χ0n) is 13.7. The monoisotopic (exact) mass is 340 g/mol. The van der Waals surface area contributed by atoms with Gasteiger partial charge in [-0.1, -0.05) is 30.3 Å². The van der Waals surface area contributed by atoms with Gasteiger partial charge in [-0.3, -0.25) is 10.1 Å². The Balaban J connectivity index is 1.91. The normalized spacial score (nSPS) is 10.4. The summed E-state index contributed by atoms with van der Waals surface area (Å²) in [7, 11) is 1.81. The fourth-order valence-electron chi connectivity index (χ4n) is 2.01. The van der Waals surface area contributed by atoms with Crippen LogP contribution in [0.2, 0.25) is 0 Å². The lowest BCUT2D eigenvalue weighted by Crippen LogP contribution is -2.39. The molecule has 0 aromatic heterocycles. The molecule has 0 unspecified atom stereocenters. The lowest BCUT2D eigenvalue weighted by atomic mass is 10.2. The van der Waals surface area contributed by atoms with Gasteiger partial charge in [-0.15, -0.1) is 0 Å². The molecule has 0 atom stereocenters. The minimum Gasteiger partial charge on any atom is -0.494 e. The summed E-state index contributed by atoms with van der Waals surface area (Å²) in [5, 5.41) is 3.04. The van der Waals surface area contributed by atoms with Crippen LogP contribution in [0.25, 0.3) is 6.08 Å². The lowest BCUT2D eigenvalue weighted by Gasteiger charge is -2.19. The average molecular weight is 340 g/mol. The molecule has 0 aliphatic carbocycles. The minimum atomic E-state index is -0.267. The molecule has 2 aromatic rings. The third-order valence-corrected chi connectivity index (χ3v) is 3.67. The first-order valence-electron chi connectivity index (χ1n) is 7.65. The van der Waals surface area contributed by atoms with Crippen LogP contribution >= 0.6 is 12.2 Å². The van der Waals surface area contributed by atoms with E-state index in [4.69, 9.17) is 17.0 Å². The van der Waals surface area contributed by atoms with Crippen LogP contribution in [0.4, 0.5) is 5.69 Å². The van der Waals surface area contributed by atoms with E-state index < -0.39 is 0 Å². The van der Waals surface area contributed by atoms with E-state index in [0.29, 0.717) is 11.7 Å². The van der Waals surface area contributed by atoms with E-state index >= 15 is 0 Å². The van der Waals surface area contributed by atoms with E-state index in [-0.39, 0.29) is 5.91 Å². The van der Waals surface area contributed by atoms with Crippen molar-refractivity contribution in [2.45, 2.75) is 6.92 Å². The molecule has 124 valence electrons. The van der Waals surface area contributed by atoms with Crippen LogP contribution in [0.15, 0.2) is 60.7 Å². The second-order valence-corrected chi connectivity index (χ2v) is 5.41. The van der Waals surface area contributed by atoms with Gasteiger partial charge in [-0.25, -0.2) is 0 Å². The number of rotatable bonds is 5. The van der Waals surface area contributed by atoms with Crippen LogP contribution in [-0.2, 0) is 4.79 Å². The van der Waals surface area contributed by atoms with Crippen molar-refractivity contribution in [3.63, 3.8) is 0 Å². The Hall–Kier alpha value is -2.66. The molecular weight excluding hydrogens is 320 g/mol. The second-order valence-electron chi connectivity index (χ2n) is 5.02. The van der Waals surface area contributed by atoms with Crippen LogP contribution < -0.4 is 15.0 Å². The largest absolute Gasteiger partial charge is 0.494 e. The number of carbonyl (C=O) groups excluding carboxylic acids is 1. The van der Waals surface area contributed by atoms with Gasteiger partial charge in [0.1, 0.15) is 5.75 Å². The average Bonchev–Trinajstić information content (AvgIpc) is 2.61. The molecular formula is C19H20N2O2S. The molecule has 0 saturated carbocycles. The number of para-hydroxylation sites is 1. The quantitative estimate of drug-likeness (QED) is 0.666. The van der Waals surface area contributed by atoms with Gasteiger partial charge < -0.3 is 9.64 Å². The molecule has 0 bridgehead atoms. The number of anilines is 1. The molecule has 0 saturated heterocycles. The Bertz CT molecular complexity index is 712. The fourth-order valence-corrected chi connectivity index (χ4v) is 2.22. The van der Waals surface area contributed by atoms with Gasteiger partial charge in [0.25, 0.3) is 0 Å². The maximum Gasteiger partial charge on any atom is 0.250 e. The SMILES string of the molecule is CCOc1ccc(/C=C/C(=O)NC(=S)N(C)c2ccccc2)cc1. The first kappa shape index (κ1) is 17.7. The van der Waals surface area contributed by atoms with E-state index in [0.717, 1.165) is 17.0 Å². The maximum absolute atomic E-state index is 12.0. The van der Waals surface area contributed by atoms with Crippen LogP contribution in [-0.4, -0.2) is 24.7 Å². The molecule has 5 heteroatoms. The van der Waals surface area contributed by atoms with E-state index in [1.54, 1.807) is 11.0 Å². The summed E-state index contributed by atoms with van der Waals surface area (Å²) in [5.74, 6) is 0.543. The number of amides is 1. The Morgan fingerprint density at radius 2 is 1.83 bits per heavy atom. The molecule has 2 aromatic carbocycles. The zero-order chi connectivity index (χ0) is 17.4. The van der Waals surface area contributed by atoms with Gasteiger partial charge >= 0.3 is 0 Å². The van der Waals surface area contributed by atoms with Gasteiger partial charge in [-0.2, -0.15) is 0 Å². The molecule has 24 heavy (non-hydrogen) atoms. The smallest absolute Gasteiger partial charge is 0.250 e. The summed E-state index contributed by atoms with van der Waals surface area (Å²) in [5.41, 5.74) is 1.83. The molecule has 1 N–H and O–H groups in total. The van der Waals surface area contributed by atoms with Crippen LogP contribution in [0, 0.1) is 0 Å². The first-order chi connectivity index (χ1) is 11.6. The standard InChI is InChI=1S/C19H20N2O2S/c1-3-23-17-12-9-15(10-13-17)11-14-18(22)20-19(24)21(2)16-7-5-4-6-8-16/h4-14H,3H2,1-2H3,(H,20,22,24)/b14-11+. The molecule has 0 aliphatic rings. The maximum atomic E-state index is 12.0. The summed E-state index contributed by atoms with van der Waals surface area (Å²) < 4.78 is 5.38. The number of benzene rings is 2. The number of ether oxygens (including phenoxy) is 1. The Kier molecular flexibility index (Phi) is 6.51. The summed E-state index contributed by atoms with van der Waals surface area (Å²) >= 11 is 5.26. The minimum absolute atomic E-state index is 0.267. The Labute approximate surface area is 147 Å². The van der Waals surface area contributed by atoms with Crippen molar-refractivity contribution in [1.29, 1.82) is 0 Å². The van der Waals surface area contributed by atoms with Crippen molar-refractivity contribution in [3.8, 4) is 5.75 Å². The van der Waals surface area contributed by atoms with E-state index in [9.17, 15) is 4.79 Å². The molecule has 0 radical (unpaired) electrons. The Morgan fingerprint density at radius 1 is 1.17 bits per heavy atom. The van der Waals surface area contributed by atoms with E-state index in [1.165, 1.54) is 6.08 Å². The lowest BCUT2D eigenvalue weighted by molar-refractivity contribution is -0.115. The van der Waals surface area contributed by atoms with Crippen molar-refractivity contribution in [1.82, 2.24) is 5.32 Å². The van der Waals surface area contributed by atoms with Crippen molar-refractivity contribution >= 4 is 35.0 Å². The van der Waals surface area contributed by atoms with Gasteiger partial charge in [0, 0.05) is 18.8 Å². The summed E-state index contributed by atoms with van der Waals surface area (Å²) in [6, 6.07) is 17.1. The highest BCUT2D eigenvalue weighted by Gasteiger charge is 2.08. The van der Waals surface area contributed by atoms with Crippen molar-refractivity contribution in [2.75, 3.05) is 18.6 Å².